The number of halogens is 3. The lowest BCUT2D eigenvalue weighted by Crippen LogP contribution is -2.48. The van der Waals surface area contributed by atoms with E-state index in [0.29, 0.717) is 0 Å². The third-order valence-electron chi connectivity index (χ3n) is 3.10. The van der Waals surface area contributed by atoms with Crippen molar-refractivity contribution < 1.29 is 32.2 Å². The van der Waals surface area contributed by atoms with E-state index >= 15 is 0 Å². The fraction of sp³-hybridized carbons (Fsp3) is 0.818. The van der Waals surface area contributed by atoms with Crippen LogP contribution in [0.4, 0.5) is 13.2 Å². The molecule has 18 heavy (non-hydrogen) atoms. The molecule has 1 aliphatic rings. The Bertz CT molecular complexity index is 353. The molecule has 0 amide bonds. The Hall–Kier alpha value is -1.11. The fourth-order valence-electron chi connectivity index (χ4n) is 2.08. The van der Waals surface area contributed by atoms with Crippen molar-refractivity contribution in [2.24, 2.45) is 5.92 Å². The van der Waals surface area contributed by atoms with E-state index in [4.69, 9.17) is 4.74 Å². The second kappa shape index (κ2) is 4.87. The zero-order valence-corrected chi connectivity index (χ0v) is 10.3. The molecule has 0 aromatic rings. The summed E-state index contributed by atoms with van der Waals surface area (Å²) in [5, 5.41) is 0. The standard InChI is InChI=1S/C11H15F3O4/c1-4-6-7(15)8(9(16)17-5-2)18-10(6,3)11(12,13)14/h6,8H,4-5H2,1-3H3. The van der Waals surface area contributed by atoms with Gasteiger partial charge in [0.1, 0.15) is 0 Å². The first-order valence-electron chi connectivity index (χ1n) is 5.63. The maximum atomic E-state index is 12.9. The molecule has 1 heterocycles. The summed E-state index contributed by atoms with van der Waals surface area (Å²) in [5.41, 5.74) is -2.63. The van der Waals surface area contributed by atoms with E-state index in [2.05, 4.69) is 4.74 Å². The lowest BCUT2D eigenvalue weighted by molar-refractivity contribution is -0.275. The molecule has 3 atom stereocenters. The van der Waals surface area contributed by atoms with Crippen molar-refractivity contribution in [3.63, 3.8) is 0 Å². The summed E-state index contributed by atoms with van der Waals surface area (Å²) in [6, 6.07) is 0. The van der Waals surface area contributed by atoms with Crippen molar-refractivity contribution in [1.82, 2.24) is 0 Å². The maximum Gasteiger partial charge on any atom is 0.417 e. The third-order valence-corrected chi connectivity index (χ3v) is 3.10. The molecule has 0 aromatic heterocycles. The van der Waals surface area contributed by atoms with Crippen LogP contribution < -0.4 is 0 Å². The van der Waals surface area contributed by atoms with Gasteiger partial charge in [0.15, 0.2) is 11.4 Å². The Labute approximate surface area is 102 Å². The zero-order valence-electron chi connectivity index (χ0n) is 10.3. The number of ether oxygens (including phenoxy) is 2. The average molecular weight is 268 g/mol. The molecule has 3 unspecified atom stereocenters. The summed E-state index contributed by atoms with van der Waals surface area (Å²) in [6.45, 7) is 3.71. The minimum atomic E-state index is -4.72. The first-order valence-corrected chi connectivity index (χ1v) is 5.63. The SMILES string of the molecule is CCOC(=O)C1OC(C)(C(F)(F)F)C(CC)C1=O. The number of carbonyl (C=O) groups is 2. The van der Waals surface area contributed by atoms with E-state index in [1.807, 2.05) is 0 Å². The van der Waals surface area contributed by atoms with Gasteiger partial charge in [-0.3, -0.25) is 4.79 Å². The Balaban J connectivity index is 3.05. The van der Waals surface area contributed by atoms with Gasteiger partial charge in [-0.05, 0) is 20.3 Å². The highest BCUT2D eigenvalue weighted by molar-refractivity contribution is 6.05. The molecule has 0 aliphatic carbocycles. The van der Waals surface area contributed by atoms with E-state index in [9.17, 15) is 22.8 Å². The second-order valence-corrected chi connectivity index (χ2v) is 4.22. The number of hydrogen-bond acceptors (Lipinski definition) is 4. The number of Topliss-reactive ketones (excluding diaryl/α,β-unsaturated/α-hetero) is 1. The Morgan fingerprint density at radius 3 is 2.33 bits per heavy atom. The van der Waals surface area contributed by atoms with Crippen molar-refractivity contribution >= 4 is 11.8 Å². The monoisotopic (exact) mass is 268 g/mol. The molecule has 104 valence electrons. The van der Waals surface area contributed by atoms with E-state index in [1.165, 1.54) is 13.8 Å². The van der Waals surface area contributed by atoms with Crippen LogP contribution in [0.1, 0.15) is 27.2 Å². The van der Waals surface area contributed by atoms with Crippen LogP contribution in [0, 0.1) is 5.92 Å². The smallest absolute Gasteiger partial charge is 0.417 e. The highest BCUT2D eigenvalue weighted by Gasteiger charge is 2.66. The first kappa shape index (κ1) is 14.9. The third kappa shape index (κ3) is 2.23. The second-order valence-electron chi connectivity index (χ2n) is 4.22. The predicted molar refractivity (Wildman–Crippen MR) is 54.8 cm³/mol. The molecule has 0 aromatic carbocycles. The zero-order chi connectivity index (χ0) is 14.1. The van der Waals surface area contributed by atoms with Gasteiger partial charge in [-0.25, -0.2) is 4.79 Å². The minimum absolute atomic E-state index is 0.0223. The van der Waals surface area contributed by atoms with Gasteiger partial charge in [0.05, 0.1) is 12.5 Å². The first-order chi connectivity index (χ1) is 8.19. The van der Waals surface area contributed by atoms with Crippen LogP contribution in [0.5, 0.6) is 0 Å². The molecule has 1 rings (SSSR count). The van der Waals surface area contributed by atoms with Crippen LogP contribution >= 0.6 is 0 Å². The summed E-state index contributed by atoms with van der Waals surface area (Å²) in [5.74, 6) is -3.31. The molecule has 0 spiro atoms. The lowest BCUT2D eigenvalue weighted by atomic mass is 9.84. The lowest BCUT2D eigenvalue weighted by Gasteiger charge is -2.30. The molecule has 0 radical (unpaired) electrons. The maximum absolute atomic E-state index is 12.9. The number of esters is 1. The summed E-state index contributed by atoms with van der Waals surface area (Å²) < 4.78 is 48.1. The highest BCUT2D eigenvalue weighted by Crippen LogP contribution is 2.46. The largest absolute Gasteiger partial charge is 0.464 e. The predicted octanol–water partition coefficient (Wildman–Crippen LogP) is 1.86. The molecular weight excluding hydrogens is 253 g/mol. The van der Waals surface area contributed by atoms with Crippen LogP contribution in [0.15, 0.2) is 0 Å². The molecular formula is C11H15F3O4. The van der Waals surface area contributed by atoms with Crippen molar-refractivity contribution in [1.29, 1.82) is 0 Å². The van der Waals surface area contributed by atoms with Gasteiger partial charge in [-0.2, -0.15) is 13.2 Å². The molecule has 7 heteroatoms. The number of ketones is 1. The van der Waals surface area contributed by atoms with Crippen molar-refractivity contribution in [2.75, 3.05) is 6.61 Å². The molecule has 0 bridgehead atoms. The average Bonchev–Trinajstić information content (AvgIpc) is 2.51. The Kier molecular flexibility index (Phi) is 4.05. The Morgan fingerprint density at radius 2 is 2.00 bits per heavy atom. The quantitative estimate of drug-likeness (QED) is 0.579. The van der Waals surface area contributed by atoms with Gasteiger partial charge < -0.3 is 9.47 Å². The van der Waals surface area contributed by atoms with E-state index in [-0.39, 0.29) is 13.0 Å². The van der Waals surface area contributed by atoms with Crippen molar-refractivity contribution in [3.05, 3.63) is 0 Å². The topological polar surface area (TPSA) is 52.6 Å². The van der Waals surface area contributed by atoms with Crippen LogP contribution in [0.3, 0.4) is 0 Å². The summed E-state index contributed by atoms with van der Waals surface area (Å²) in [4.78, 5) is 23.2. The van der Waals surface area contributed by atoms with Crippen molar-refractivity contribution in [3.8, 4) is 0 Å². The fourth-order valence-corrected chi connectivity index (χ4v) is 2.08. The van der Waals surface area contributed by atoms with Crippen LogP contribution in [-0.4, -0.2) is 36.2 Å². The summed E-state index contributed by atoms with van der Waals surface area (Å²) in [6.07, 6.45) is -6.54. The normalized spacial score (nSPS) is 32.7. The van der Waals surface area contributed by atoms with Gasteiger partial charge in [-0.15, -0.1) is 0 Å². The number of rotatable bonds is 3. The molecule has 4 nitrogen and oxygen atoms in total. The summed E-state index contributed by atoms with van der Waals surface area (Å²) >= 11 is 0. The van der Waals surface area contributed by atoms with Gasteiger partial charge >= 0.3 is 12.1 Å². The highest BCUT2D eigenvalue weighted by atomic mass is 19.4. The molecule has 0 N–H and O–H groups in total. The number of alkyl halides is 3. The molecule has 0 saturated carbocycles. The Morgan fingerprint density at radius 1 is 1.44 bits per heavy atom. The minimum Gasteiger partial charge on any atom is -0.464 e. The van der Waals surface area contributed by atoms with Gasteiger partial charge in [0.2, 0.25) is 6.10 Å². The van der Waals surface area contributed by atoms with Gasteiger partial charge in [-0.1, -0.05) is 6.92 Å². The number of carbonyl (C=O) groups excluding carboxylic acids is 2. The van der Waals surface area contributed by atoms with Crippen LogP contribution in [0.25, 0.3) is 0 Å². The van der Waals surface area contributed by atoms with Gasteiger partial charge in [0.25, 0.3) is 0 Å². The van der Waals surface area contributed by atoms with E-state index in [1.54, 1.807) is 0 Å². The number of hydrogen-bond donors (Lipinski definition) is 0. The molecule has 1 aliphatic heterocycles. The van der Waals surface area contributed by atoms with E-state index in [0.717, 1.165) is 6.92 Å². The van der Waals surface area contributed by atoms with E-state index < -0.39 is 35.6 Å². The molecule has 1 saturated heterocycles. The molecule has 1 fully saturated rings. The van der Waals surface area contributed by atoms with Crippen molar-refractivity contribution in [2.45, 2.75) is 45.1 Å². The van der Waals surface area contributed by atoms with Gasteiger partial charge in [0, 0.05) is 0 Å². The van der Waals surface area contributed by atoms with Crippen LogP contribution in [-0.2, 0) is 19.1 Å². The summed E-state index contributed by atoms with van der Waals surface area (Å²) in [7, 11) is 0. The van der Waals surface area contributed by atoms with Crippen LogP contribution in [0.2, 0.25) is 0 Å².